The first-order valence-corrected chi connectivity index (χ1v) is 4.76. The first-order chi connectivity index (χ1) is 6.93. The van der Waals surface area contributed by atoms with E-state index in [2.05, 4.69) is 17.8 Å². The summed E-state index contributed by atoms with van der Waals surface area (Å²) in [6.45, 7) is 1.20. The summed E-state index contributed by atoms with van der Waals surface area (Å²) in [4.78, 5) is 0. The Morgan fingerprint density at radius 2 is 2.36 bits per heavy atom. The van der Waals surface area contributed by atoms with Crippen LogP contribution in [0.1, 0.15) is 19.3 Å². The number of ether oxygens (including phenoxy) is 2. The van der Waals surface area contributed by atoms with Crippen molar-refractivity contribution in [2.75, 3.05) is 13.2 Å². The molecule has 2 nitrogen and oxygen atoms in total. The highest BCUT2D eigenvalue weighted by molar-refractivity contribution is 5.22. The summed E-state index contributed by atoms with van der Waals surface area (Å²) >= 11 is 0. The van der Waals surface area contributed by atoms with E-state index >= 15 is 0 Å². The maximum Gasteiger partial charge on any atom is 0.158 e. The Morgan fingerprint density at radius 3 is 3.07 bits per heavy atom. The molecule has 1 unspecified atom stereocenters. The van der Waals surface area contributed by atoms with Gasteiger partial charge < -0.3 is 9.47 Å². The van der Waals surface area contributed by atoms with E-state index in [1.54, 1.807) is 12.2 Å². The topological polar surface area (TPSA) is 18.5 Å². The van der Waals surface area contributed by atoms with E-state index in [0.717, 1.165) is 19.4 Å². The van der Waals surface area contributed by atoms with E-state index in [-0.39, 0.29) is 6.29 Å². The molecule has 0 aliphatic carbocycles. The molecule has 1 rings (SSSR count). The lowest BCUT2D eigenvalue weighted by molar-refractivity contribution is -0.154. The molecule has 1 heterocycles. The molecule has 0 aromatic heterocycles. The minimum atomic E-state index is -0.0605. The van der Waals surface area contributed by atoms with Crippen LogP contribution in [-0.2, 0) is 9.47 Å². The molecule has 1 atom stereocenters. The highest BCUT2D eigenvalue weighted by atomic mass is 16.7. The summed E-state index contributed by atoms with van der Waals surface area (Å²) in [5, 5.41) is 0. The Balaban J connectivity index is 2.10. The minimum absolute atomic E-state index is 0.0605. The predicted molar refractivity (Wildman–Crippen MR) is 55.3 cm³/mol. The van der Waals surface area contributed by atoms with E-state index in [0.29, 0.717) is 6.61 Å². The molecule has 0 radical (unpaired) electrons. The summed E-state index contributed by atoms with van der Waals surface area (Å²) in [7, 11) is 0. The fourth-order valence-corrected chi connectivity index (χ4v) is 1.17. The normalized spacial score (nSPS) is 21.2. The van der Waals surface area contributed by atoms with Gasteiger partial charge in [0, 0.05) is 6.61 Å². The van der Waals surface area contributed by atoms with Crippen LogP contribution in [-0.4, -0.2) is 19.5 Å². The van der Waals surface area contributed by atoms with Crippen molar-refractivity contribution in [3.8, 4) is 24.2 Å². The second-order valence-corrected chi connectivity index (χ2v) is 2.93. The third kappa shape index (κ3) is 4.72. The number of terminal acetylenes is 1. The Kier molecular flexibility index (Phi) is 5.59. The van der Waals surface area contributed by atoms with Crippen molar-refractivity contribution in [2.24, 2.45) is 0 Å². The Bertz CT molecular complexity index is 269. The highest BCUT2D eigenvalue weighted by Crippen LogP contribution is 2.12. The van der Waals surface area contributed by atoms with Crippen LogP contribution in [0.15, 0.2) is 12.2 Å². The van der Waals surface area contributed by atoms with Crippen LogP contribution in [0.3, 0.4) is 0 Å². The standard InChI is InChI=1S/C12H14O2/c1-2-3-4-5-7-10-13-12-9-6-8-11-14-12/h1,3-4,12H,6,8-11H2/b4-3+. The molecular weight excluding hydrogens is 176 g/mol. The van der Waals surface area contributed by atoms with E-state index in [1.807, 2.05) is 0 Å². The zero-order chi connectivity index (χ0) is 10.1. The third-order valence-corrected chi connectivity index (χ3v) is 1.84. The molecule has 1 aliphatic heterocycles. The van der Waals surface area contributed by atoms with Crippen molar-refractivity contribution < 1.29 is 9.47 Å². The van der Waals surface area contributed by atoms with Crippen LogP contribution >= 0.6 is 0 Å². The SMILES string of the molecule is C#C/C=C/C#CCOC1CCCCO1. The van der Waals surface area contributed by atoms with Gasteiger partial charge in [0.2, 0.25) is 0 Å². The smallest absolute Gasteiger partial charge is 0.158 e. The van der Waals surface area contributed by atoms with Crippen LogP contribution in [0.4, 0.5) is 0 Å². The molecule has 0 spiro atoms. The Morgan fingerprint density at radius 1 is 1.43 bits per heavy atom. The molecule has 1 aliphatic rings. The second-order valence-electron chi connectivity index (χ2n) is 2.93. The molecular formula is C12H14O2. The summed E-state index contributed by atoms with van der Waals surface area (Å²) in [5.41, 5.74) is 0. The van der Waals surface area contributed by atoms with Gasteiger partial charge in [0.25, 0.3) is 0 Å². The molecule has 0 amide bonds. The Hall–Kier alpha value is -1.22. The molecule has 14 heavy (non-hydrogen) atoms. The van der Waals surface area contributed by atoms with Gasteiger partial charge in [0.1, 0.15) is 6.61 Å². The molecule has 0 bridgehead atoms. The molecule has 0 aromatic carbocycles. The van der Waals surface area contributed by atoms with Crippen molar-refractivity contribution in [2.45, 2.75) is 25.6 Å². The van der Waals surface area contributed by atoms with Crippen molar-refractivity contribution in [1.29, 1.82) is 0 Å². The summed E-state index contributed by atoms with van der Waals surface area (Å²) in [6.07, 6.45) is 11.4. The number of hydrogen-bond donors (Lipinski definition) is 0. The molecule has 74 valence electrons. The maximum atomic E-state index is 5.38. The van der Waals surface area contributed by atoms with Crippen molar-refractivity contribution in [3.05, 3.63) is 12.2 Å². The van der Waals surface area contributed by atoms with E-state index in [4.69, 9.17) is 15.9 Å². The molecule has 0 aromatic rings. The lowest BCUT2D eigenvalue weighted by Crippen LogP contribution is -2.22. The van der Waals surface area contributed by atoms with Gasteiger partial charge in [-0.1, -0.05) is 17.8 Å². The molecule has 1 saturated heterocycles. The molecule has 1 fully saturated rings. The van der Waals surface area contributed by atoms with Gasteiger partial charge in [-0.25, -0.2) is 0 Å². The van der Waals surface area contributed by atoms with E-state index < -0.39 is 0 Å². The van der Waals surface area contributed by atoms with Gasteiger partial charge >= 0.3 is 0 Å². The second kappa shape index (κ2) is 7.21. The third-order valence-electron chi connectivity index (χ3n) is 1.84. The average Bonchev–Trinajstić information content (AvgIpc) is 2.25. The zero-order valence-electron chi connectivity index (χ0n) is 8.16. The monoisotopic (exact) mass is 190 g/mol. The van der Waals surface area contributed by atoms with Crippen LogP contribution in [0.5, 0.6) is 0 Å². The van der Waals surface area contributed by atoms with Gasteiger partial charge in [-0.15, -0.1) is 6.42 Å². The summed E-state index contributed by atoms with van der Waals surface area (Å²) in [5.74, 6) is 7.96. The largest absolute Gasteiger partial charge is 0.353 e. The summed E-state index contributed by atoms with van der Waals surface area (Å²) < 4.78 is 10.7. The lowest BCUT2D eigenvalue weighted by atomic mass is 10.2. The highest BCUT2D eigenvalue weighted by Gasteiger charge is 2.12. The molecule has 0 N–H and O–H groups in total. The van der Waals surface area contributed by atoms with Crippen molar-refractivity contribution in [1.82, 2.24) is 0 Å². The quantitative estimate of drug-likeness (QED) is 0.617. The van der Waals surface area contributed by atoms with Gasteiger partial charge in [-0.2, -0.15) is 0 Å². The molecule has 2 heteroatoms. The van der Waals surface area contributed by atoms with Crippen LogP contribution in [0.25, 0.3) is 0 Å². The van der Waals surface area contributed by atoms with Gasteiger partial charge in [-0.05, 0) is 31.4 Å². The maximum absolute atomic E-state index is 5.38. The van der Waals surface area contributed by atoms with Gasteiger partial charge in [0.05, 0.1) is 0 Å². The number of rotatable bonds is 2. The fraction of sp³-hybridized carbons (Fsp3) is 0.500. The number of allylic oxidation sites excluding steroid dienone is 2. The van der Waals surface area contributed by atoms with Crippen LogP contribution < -0.4 is 0 Å². The zero-order valence-corrected chi connectivity index (χ0v) is 8.16. The average molecular weight is 190 g/mol. The minimum Gasteiger partial charge on any atom is -0.353 e. The van der Waals surface area contributed by atoms with Gasteiger partial charge in [-0.3, -0.25) is 0 Å². The number of hydrogen-bond acceptors (Lipinski definition) is 2. The van der Waals surface area contributed by atoms with Gasteiger partial charge in [0.15, 0.2) is 6.29 Å². The van der Waals surface area contributed by atoms with E-state index in [1.165, 1.54) is 6.42 Å². The first-order valence-electron chi connectivity index (χ1n) is 4.76. The van der Waals surface area contributed by atoms with E-state index in [9.17, 15) is 0 Å². The first kappa shape index (κ1) is 10.9. The Labute approximate surface area is 85.3 Å². The predicted octanol–water partition coefficient (Wildman–Crippen LogP) is 1.72. The van der Waals surface area contributed by atoms with Crippen LogP contribution in [0.2, 0.25) is 0 Å². The van der Waals surface area contributed by atoms with Crippen LogP contribution in [0, 0.1) is 24.2 Å². The fourth-order valence-electron chi connectivity index (χ4n) is 1.17. The molecule has 0 saturated carbocycles. The van der Waals surface area contributed by atoms with Crippen molar-refractivity contribution >= 4 is 0 Å². The van der Waals surface area contributed by atoms with Crippen molar-refractivity contribution in [3.63, 3.8) is 0 Å². The summed E-state index contributed by atoms with van der Waals surface area (Å²) in [6, 6.07) is 0. The lowest BCUT2D eigenvalue weighted by Gasteiger charge is -2.21.